The number of phenols is 1. The van der Waals surface area contributed by atoms with Gasteiger partial charge >= 0.3 is 0 Å². The highest BCUT2D eigenvalue weighted by Gasteiger charge is 2.14. The van der Waals surface area contributed by atoms with Crippen LogP contribution in [0.1, 0.15) is 38.8 Å². The largest absolute Gasteiger partial charge is 0.504 e. The molecule has 0 saturated heterocycles. The Morgan fingerprint density at radius 2 is 2.06 bits per heavy atom. The molecule has 0 aliphatic heterocycles. The van der Waals surface area contributed by atoms with E-state index in [-0.39, 0.29) is 5.75 Å². The average Bonchev–Trinajstić information content (AvgIpc) is 2.35. The fourth-order valence-electron chi connectivity index (χ4n) is 2.08. The first kappa shape index (κ1) is 13.8. The molecule has 96 valence electrons. The van der Waals surface area contributed by atoms with E-state index in [0.717, 1.165) is 19.5 Å². The van der Waals surface area contributed by atoms with Crippen molar-refractivity contribution < 1.29 is 9.84 Å². The number of rotatable bonds is 6. The number of hydrogen-bond donors (Lipinski definition) is 1. The van der Waals surface area contributed by atoms with Gasteiger partial charge in [-0.1, -0.05) is 19.9 Å². The van der Waals surface area contributed by atoms with Gasteiger partial charge in [0.2, 0.25) is 0 Å². The summed E-state index contributed by atoms with van der Waals surface area (Å²) >= 11 is 0. The SMILES string of the molecule is CCCN(CC)C(C)c1ccc(O)c(OC)c1. The summed E-state index contributed by atoms with van der Waals surface area (Å²) in [4.78, 5) is 2.41. The summed E-state index contributed by atoms with van der Waals surface area (Å²) in [6.45, 7) is 8.65. The van der Waals surface area contributed by atoms with Crippen molar-refractivity contribution in [2.45, 2.75) is 33.2 Å². The molecule has 0 aliphatic carbocycles. The third-order valence-electron chi connectivity index (χ3n) is 3.15. The van der Waals surface area contributed by atoms with Gasteiger partial charge in [0.1, 0.15) is 0 Å². The summed E-state index contributed by atoms with van der Waals surface area (Å²) in [6, 6.07) is 5.92. The zero-order valence-electron chi connectivity index (χ0n) is 11.2. The molecular weight excluding hydrogens is 214 g/mol. The number of nitrogens with zero attached hydrogens (tertiary/aromatic N) is 1. The van der Waals surface area contributed by atoms with E-state index in [4.69, 9.17) is 4.74 Å². The van der Waals surface area contributed by atoms with E-state index in [0.29, 0.717) is 11.8 Å². The normalized spacial score (nSPS) is 12.8. The summed E-state index contributed by atoms with van der Waals surface area (Å²) in [6.07, 6.45) is 1.15. The maximum Gasteiger partial charge on any atom is 0.160 e. The van der Waals surface area contributed by atoms with E-state index < -0.39 is 0 Å². The Hall–Kier alpha value is -1.22. The Labute approximate surface area is 104 Å². The predicted molar refractivity (Wildman–Crippen MR) is 70.6 cm³/mol. The van der Waals surface area contributed by atoms with Gasteiger partial charge in [-0.3, -0.25) is 4.90 Å². The summed E-state index contributed by atoms with van der Waals surface area (Å²) in [7, 11) is 1.58. The van der Waals surface area contributed by atoms with Gasteiger partial charge in [0, 0.05) is 6.04 Å². The fraction of sp³-hybridized carbons (Fsp3) is 0.571. The molecule has 1 aromatic carbocycles. The van der Waals surface area contributed by atoms with E-state index in [9.17, 15) is 5.11 Å². The Morgan fingerprint density at radius 1 is 1.35 bits per heavy atom. The number of benzene rings is 1. The molecule has 17 heavy (non-hydrogen) atoms. The molecule has 1 atom stereocenters. The molecule has 0 saturated carbocycles. The minimum atomic E-state index is 0.196. The number of methoxy groups -OCH3 is 1. The van der Waals surface area contributed by atoms with Gasteiger partial charge in [0.05, 0.1) is 7.11 Å². The van der Waals surface area contributed by atoms with Crippen LogP contribution in [0.25, 0.3) is 0 Å². The number of phenolic OH excluding ortho intramolecular Hbond substituents is 1. The Morgan fingerprint density at radius 3 is 2.59 bits per heavy atom. The second kappa shape index (κ2) is 6.50. The van der Waals surface area contributed by atoms with E-state index in [1.165, 1.54) is 5.56 Å². The van der Waals surface area contributed by atoms with Crippen molar-refractivity contribution in [3.8, 4) is 11.5 Å². The zero-order chi connectivity index (χ0) is 12.8. The van der Waals surface area contributed by atoms with Crippen LogP contribution in [0, 0.1) is 0 Å². The van der Waals surface area contributed by atoms with Crippen LogP contribution >= 0.6 is 0 Å². The maximum absolute atomic E-state index is 9.58. The predicted octanol–water partition coefficient (Wildman–Crippen LogP) is 3.19. The molecule has 0 spiro atoms. The molecule has 0 aliphatic rings. The molecule has 0 radical (unpaired) electrons. The molecular formula is C14H23NO2. The second-order valence-electron chi connectivity index (χ2n) is 4.24. The summed E-state index contributed by atoms with van der Waals surface area (Å²) in [5.74, 6) is 0.740. The molecule has 1 unspecified atom stereocenters. The maximum atomic E-state index is 9.58. The van der Waals surface area contributed by atoms with Gasteiger partial charge in [-0.15, -0.1) is 0 Å². The summed E-state index contributed by atoms with van der Waals surface area (Å²) in [5, 5.41) is 9.58. The zero-order valence-corrected chi connectivity index (χ0v) is 11.2. The first-order chi connectivity index (χ1) is 8.13. The molecule has 1 aromatic rings. The molecule has 3 heteroatoms. The fourth-order valence-corrected chi connectivity index (χ4v) is 2.08. The van der Waals surface area contributed by atoms with E-state index in [1.807, 2.05) is 12.1 Å². The Kier molecular flexibility index (Phi) is 5.29. The van der Waals surface area contributed by atoms with Crippen molar-refractivity contribution in [1.29, 1.82) is 0 Å². The lowest BCUT2D eigenvalue weighted by molar-refractivity contribution is 0.222. The van der Waals surface area contributed by atoms with Gasteiger partial charge < -0.3 is 9.84 Å². The summed E-state index contributed by atoms with van der Waals surface area (Å²) < 4.78 is 5.14. The smallest absolute Gasteiger partial charge is 0.160 e. The van der Waals surface area contributed by atoms with Crippen molar-refractivity contribution >= 4 is 0 Å². The number of aromatic hydroxyl groups is 1. The van der Waals surface area contributed by atoms with Crippen molar-refractivity contribution in [2.24, 2.45) is 0 Å². The van der Waals surface area contributed by atoms with Crippen LogP contribution in [0.3, 0.4) is 0 Å². The summed E-state index contributed by atoms with van der Waals surface area (Å²) in [5.41, 5.74) is 1.18. The minimum absolute atomic E-state index is 0.196. The van der Waals surface area contributed by atoms with Gasteiger partial charge in [0.15, 0.2) is 11.5 Å². The van der Waals surface area contributed by atoms with Gasteiger partial charge in [-0.25, -0.2) is 0 Å². The lowest BCUT2D eigenvalue weighted by Crippen LogP contribution is -2.27. The topological polar surface area (TPSA) is 32.7 Å². The Bertz CT molecular complexity index is 352. The van der Waals surface area contributed by atoms with Crippen LogP contribution in [0.4, 0.5) is 0 Å². The highest BCUT2D eigenvalue weighted by atomic mass is 16.5. The van der Waals surface area contributed by atoms with Crippen molar-refractivity contribution in [2.75, 3.05) is 20.2 Å². The number of ether oxygens (including phenoxy) is 1. The lowest BCUT2D eigenvalue weighted by atomic mass is 10.1. The van der Waals surface area contributed by atoms with Crippen LogP contribution in [0.2, 0.25) is 0 Å². The van der Waals surface area contributed by atoms with Crippen LogP contribution < -0.4 is 4.74 Å². The third kappa shape index (κ3) is 3.37. The van der Waals surface area contributed by atoms with Gasteiger partial charge in [-0.05, 0) is 44.1 Å². The van der Waals surface area contributed by atoms with Crippen LogP contribution in [0.5, 0.6) is 11.5 Å². The van der Waals surface area contributed by atoms with E-state index >= 15 is 0 Å². The third-order valence-corrected chi connectivity index (χ3v) is 3.15. The first-order valence-corrected chi connectivity index (χ1v) is 6.24. The average molecular weight is 237 g/mol. The standard InChI is InChI=1S/C14H23NO2/c1-5-9-15(6-2)11(3)12-7-8-13(16)14(10-12)17-4/h7-8,10-11,16H,5-6,9H2,1-4H3. The number of hydrogen-bond acceptors (Lipinski definition) is 3. The first-order valence-electron chi connectivity index (χ1n) is 6.24. The van der Waals surface area contributed by atoms with E-state index in [2.05, 4.69) is 25.7 Å². The lowest BCUT2D eigenvalue weighted by Gasteiger charge is -2.28. The highest BCUT2D eigenvalue weighted by molar-refractivity contribution is 5.42. The quantitative estimate of drug-likeness (QED) is 0.824. The van der Waals surface area contributed by atoms with Crippen molar-refractivity contribution in [1.82, 2.24) is 4.90 Å². The van der Waals surface area contributed by atoms with Crippen molar-refractivity contribution in [3.63, 3.8) is 0 Å². The van der Waals surface area contributed by atoms with Gasteiger partial charge in [0.25, 0.3) is 0 Å². The van der Waals surface area contributed by atoms with Crippen LogP contribution in [-0.2, 0) is 0 Å². The monoisotopic (exact) mass is 237 g/mol. The van der Waals surface area contributed by atoms with Crippen LogP contribution in [0.15, 0.2) is 18.2 Å². The molecule has 1 N–H and O–H groups in total. The molecule has 0 aromatic heterocycles. The molecule has 0 bridgehead atoms. The van der Waals surface area contributed by atoms with Crippen LogP contribution in [-0.4, -0.2) is 30.2 Å². The van der Waals surface area contributed by atoms with Crippen molar-refractivity contribution in [3.05, 3.63) is 23.8 Å². The molecule has 0 heterocycles. The van der Waals surface area contributed by atoms with Gasteiger partial charge in [-0.2, -0.15) is 0 Å². The molecule has 3 nitrogen and oxygen atoms in total. The minimum Gasteiger partial charge on any atom is -0.504 e. The molecule has 0 amide bonds. The molecule has 1 rings (SSSR count). The van der Waals surface area contributed by atoms with E-state index in [1.54, 1.807) is 13.2 Å². The Balaban J connectivity index is 2.90. The molecule has 0 fully saturated rings. The highest BCUT2D eigenvalue weighted by Crippen LogP contribution is 2.30. The second-order valence-corrected chi connectivity index (χ2v) is 4.24.